The quantitative estimate of drug-likeness (QED) is 0.417. The molecule has 0 unspecified atom stereocenters. The molecule has 0 aliphatic carbocycles. The molecule has 6 heteroatoms. The first-order valence-corrected chi connectivity index (χ1v) is 8.22. The number of esters is 1. The van der Waals surface area contributed by atoms with Gasteiger partial charge in [0.25, 0.3) is 0 Å². The SMILES string of the molecule is COC(=O)c1nc2nc(SC)ncc2cc1-c1ccccc1C. The van der Waals surface area contributed by atoms with Gasteiger partial charge in [0.05, 0.1) is 7.11 Å². The monoisotopic (exact) mass is 325 g/mol. The third kappa shape index (κ3) is 2.90. The molecule has 0 aliphatic rings. The fraction of sp³-hybridized carbons (Fsp3) is 0.176. The van der Waals surface area contributed by atoms with Crippen LogP contribution in [0.5, 0.6) is 0 Å². The van der Waals surface area contributed by atoms with Crippen LogP contribution in [0.2, 0.25) is 0 Å². The number of benzene rings is 1. The van der Waals surface area contributed by atoms with Gasteiger partial charge in [0.15, 0.2) is 16.5 Å². The second-order valence-electron chi connectivity index (χ2n) is 4.96. The second kappa shape index (κ2) is 6.34. The Balaban J connectivity index is 2.31. The Morgan fingerprint density at radius 1 is 1.17 bits per heavy atom. The van der Waals surface area contributed by atoms with E-state index in [1.54, 1.807) is 6.20 Å². The molecule has 0 fully saturated rings. The Morgan fingerprint density at radius 2 is 1.96 bits per heavy atom. The minimum atomic E-state index is -0.477. The number of thioether (sulfide) groups is 1. The molecule has 0 saturated carbocycles. The molecular weight excluding hydrogens is 310 g/mol. The first-order chi connectivity index (χ1) is 11.1. The van der Waals surface area contributed by atoms with E-state index < -0.39 is 5.97 Å². The molecule has 5 nitrogen and oxygen atoms in total. The van der Waals surface area contributed by atoms with Crippen molar-refractivity contribution in [3.8, 4) is 11.1 Å². The molecule has 0 bridgehead atoms. The molecule has 2 aromatic heterocycles. The van der Waals surface area contributed by atoms with Crippen molar-refractivity contribution >= 4 is 28.8 Å². The van der Waals surface area contributed by atoms with Gasteiger partial charge in [-0.3, -0.25) is 0 Å². The zero-order chi connectivity index (χ0) is 16.4. The number of rotatable bonds is 3. The largest absolute Gasteiger partial charge is 0.464 e. The van der Waals surface area contributed by atoms with Crippen molar-refractivity contribution < 1.29 is 9.53 Å². The van der Waals surface area contributed by atoms with Crippen LogP contribution in [0.4, 0.5) is 0 Å². The minimum Gasteiger partial charge on any atom is -0.464 e. The molecule has 1 aromatic carbocycles. The molecule has 3 aromatic rings. The van der Waals surface area contributed by atoms with Gasteiger partial charge < -0.3 is 4.74 Å². The molecule has 3 rings (SSSR count). The molecule has 0 aliphatic heterocycles. The van der Waals surface area contributed by atoms with Gasteiger partial charge in [0.1, 0.15) is 0 Å². The van der Waals surface area contributed by atoms with Crippen LogP contribution in [0.3, 0.4) is 0 Å². The van der Waals surface area contributed by atoms with E-state index in [1.165, 1.54) is 18.9 Å². The van der Waals surface area contributed by atoms with E-state index in [0.717, 1.165) is 22.1 Å². The number of carbonyl (C=O) groups excluding carboxylic acids is 1. The van der Waals surface area contributed by atoms with Gasteiger partial charge in [-0.1, -0.05) is 36.0 Å². The number of ether oxygens (including phenoxy) is 1. The summed E-state index contributed by atoms with van der Waals surface area (Å²) in [4.78, 5) is 25.3. The molecule has 23 heavy (non-hydrogen) atoms. The second-order valence-corrected chi connectivity index (χ2v) is 5.73. The van der Waals surface area contributed by atoms with Crippen LogP contribution in [-0.4, -0.2) is 34.3 Å². The predicted octanol–water partition coefficient (Wildman–Crippen LogP) is 3.51. The molecule has 0 radical (unpaired) electrons. The summed E-state index contributed by atoms with van der Waals surface area (Å²) in [5, 5.41) is 1.40. The van der Waals surface area contributed by atoms with Crippen LogP contribution < -0.4 is 0 Å². The van der Waals surface area contributed by atoms with Crippen molar-refractivity contribution in [2.75, 3.05) is 13.4 Å². The van der Waals surface area contributed by atoms with E-state index in [9.17, 15) is 4.79 Å². The number of hydrogen-bond acceptors (Lipinski definition) is 6. The summed E-state index contributed by atoms with van der Waals surface area (Å²) < 4.78 is 4.89. The molecule has 0 atom stereocenters. The maximum atomic E-state index is 12.2. The van der Waals surface area contributed by atoms with Gasteiger partial charge >= 0.3 is 5.97 Å². The lowest BCUT2D eigenvalue weighted by molar-refractivity contribution is 0.0595. The average molecular weight is 325 g/mol. The van der Waals surface area contributed by atoms with Gasteiger partial charge in [-0.2, -0.15) is 0 Å². The van der Waals surface area contributed by atoms with E-state index in [0.29, 0.717) is 10.8 Å². The summed E-state index contributed by atoms with van der Waals surface area (Å²) >= 11 is 1.43. The van der Waals surface area contributed by atoms with Gasteiger partial charge in [0.2, 0.25) is 0 Å². The van der Waals surface area contributed by atoms with Gasteiger partial charge in [-0.25, -0.2) is 19.7 Å². The van der Waals surface area contributed by atoms with Gasteiger partial charge in [-0.05, 0) is 30.4 Å². The zero-order valence-electron chi connectivity index (χ0n) is 13.0. The highest BCUT2D eigenvalue weighted by Crippen LogP contribution is 2.29. The summed E-state index contributed by atoms with van der Waals surface area (Å²) in [5.41, 5.74) is 3.47. The summed E-state index contributed by atoms with van der Waals surface area (Å²) in [5.74, 6) is -0.477. The van der Waals surface area contributed by atoms with E-state index in [4.69, 9.17) is 4.74 Å². The zero-order valence-corrected chi connectivity index (χ0v) is 13.8. The smallest absolute Gasteiger partial charge is 0.357 e. The predicted molar refractivity (Wildman–Crippen MR) is 90.6 cm³/mol. The van der Waals surface area contributed by atoms with E-state index in [1.807, 2.05) is 43.5 Å². The van der Waals surface area contributed by atoms with Crippen molar-refractivity contribution in [2.45, 2.75) is 12.1 Å². The minimum absolute atomic E-state index is 0.264. The highest BCUT2D eigenvalue weighted by Gasteiger charge is 2.18. The standard InChI is InChI=1S/C17H15N3O2S/c1-10-6-4-5-7-12(10)13-8-11-9-18-17(23-3)20-15(11)19-14(13)16(21)22-2/h4-9H,1-3H3. The topological polar surface area (TPSA) is 65.0 Å². The van der Waals surface area contributed by atoms with E-state index >= 15 is 0 Å². The highest BCUT2D eigenvalue weighted by molar-refractivity contribution is 7.98. The number of aryl methyl sites for hydroxylation is 1. The fourth-order valence-corrected chi connectivity index (χ4v) is 2.71. The van der Waals surface area contributed by atoms with Crippen LogP contribution >= 0.6 is 11.8 Å². The lowest BCUT2D eigenvalue weighted by Gasteiger charge is -2.11. The Bertz CT molecular complexity index is 896. The first kappa shape index (κ1) is 15.4. The van der Waals surface area contributed by atoms with Crippen LogP contribution in [0, 0.1) is 6.92 Å². The Kier molecular flexibility index (Phi) is 4.25. The summed E-state index contributed by atoms with van der Waals surface area (Å²) in [6.07, 6.45) is 3.62. The van der Waals surface area contributed by atoms with Crippen LogP contribution in [0.25, 0.3) is 22.2 Å². The third-order valence-electron chi connectivity index (χ3n) is 3.54. The van der Waals surface area contributed by atoms with Crippen molar-refractivity contribution in [2.24, 2.45) is 0 Å². The summed E-state index contributed by atoms with van der Waals surface area (Å²) in [6.45, 7) is 1.99. The maximum absolute atomic E-state index is 12.2. The Labute approximate surface area is 138 Å². The van der Waals surface area contributed by atoms with Crippen molar-refractivity contribution in [1.82, 2.24) is 15.0 Å². The van der Waals surface area contributed by atoms with Gasteiger partial charge in [0, 0.05) is 17.1 Å². The number of methoxy groups -OCH3 is 1. The fourth-order valence-electron chi connectivity index (χ4n) is 2.38. The van der Waals surface area contributed by atoms with E-state index in [2.05, 4.69) is 15.0 Å². The van der Waals surface area contributed by atoms with Crippen LogP contribution in [-0.2, 0) is 4.74 Å². The molecule has 2 heterocycles. The molecule has 116 valence electrons. The average Bonchev–Trinajstić information content (AvgIpc) is 2.60. The molecule has 0 N–H and O–H groups in total. The van der Waals surface area contributed by atoms with Crippen LogP contribution in [0.15, 0.2) is 41.7 Å². The normalized spacial score (nSPS) is 10.7. The van der Waals surface area contributed by atoms with Crippen LogP contribution in [0.1, 0.15) is 16.1 Å². The number of hydrogen-bond donors (Lipinski definition) is 0. The number of carbonyl (C=O) groups is 1. The Hall–Kier alpha value is -2.47. The maximum Gasteiger partial charge on any atom is 0.357 e. The lowest BCUT2D eigenvalue weighted by atomic mass is 9.98. The number of aromatic nitrogens is 3. The third-order valence-corrected chi connectivity index (χ3v) is 4.10. The summed E-state index contributed by atoms with van der Waals surface area (Å²) in [7, 11) is 1.35. The van der Waals surface area contributed by atoms with Crippen molar-refractivity contribution in [3.63, 3.8) is 0 Å². The van der Waals surface area contributed by atoms with Crippen molar-refractivity contribution in [3.05, 3.63) is 47.8 Å². The van der Waals surface area contributed by atoms with Gasteiger partial charge in [-0.15, -0.1) is 0 Å². The first-order valence-electron chi connectivity index (χ1n) is 7.00. The highest BCUT2D eigenvalue weighted by atomic mass is 32.2. The molecular formula is C17H15N3O2S. The molecule has 0 amide bonds. The lowest BCUT2D eigenvalue weighted by Crippen LogP contribution is -2.08. The number of nitrogens with zero attached hydrogens (tertiary/aromatic N) is 3. The number of fused-ring (bicyclic) bond motifs is 1. The molecule has 0 saturated heterocycles. The Morgan fingerprint density at radius 3 is 2.65 bits per heavy atom. The number of pyridine rings is 1. The summed E-state index contributed by atoms with van der Waals surface area (Å²) in [6, 6.07) is 9.73. The van der Waals surface area contributed by atoms with E-state index in [-0.39, 0.29) is 5.69 Å². The molecule has 0 spiro atoms. The van der Waals surface area contributed by atoms with Crippen molar-refractivity contribution in [1.29, 1.82) is 0 Å².